The van der Waals surface area contributed by atoms with Crippen LogP contribution >= 0.6 is 0 Å². The number of carboxylic acids is 1. The number of ether oxygens (including phenoxy) is 2. The van der Waals surface area contributed by atoms with Crippen molar-refractivity contribution in [3.8, 4) is 5.75 Å². The number of morpholine rings is 1. The number of aromatic carboxylic acids is 1. The second-order valence-electron chi connectivity index (χ2n) is 5.39. The van der Waals surface area contributed by atoms with Gasteiger partial charge in [-0.15, -0.1) is 0 Å². The molecule has 0 aliphatic carbocycles. The summed E-state index contributed by atoms with van der Waals surface area (Å²) in [5.74, 6) is -0.747. The molecular weight excluding hydrogens is 314 g/mol. The minimum atomic E-state index is -1.13. The quantitative estimate of drug-likeness (QED) is 0.924. The molecule has 1 unspecified atom stereocenters. The molecule has 1 amide bonds. The van der Waals surface area contributed by atoms with Crippen molar-refractivity contribution in [1.29, 1.82) is 0 Å². The number of amides is 1. The van der Waals surface area contributed by atoms with Crippen LogP contribution in [0.5, 0.6) is 5.75 Å². The summed E-state index contributed by atoms with van der Waals surface area (Å²) < 4.78 is 16.0. The molecule has 0 radical (unpaired) electrons. The highest BCUT2D eigenvalue weighted by Gasteiger charge is 2.28. The predicted octanol–water partition coefficient (Wildman–Crippen LogP) is 2.20. The smallest absolute Gasteiger partial charge is 0.338 e. The fraction of sp³-hybridized carbons (Fsp3) is 0.294. The number of rotatable bonds is 4. The van der Waals surface area contributed by atoms with Gasteiger partial charge in [0.15, 0.2) is 5.76 Å². The van der Waals surface area contributed by atoms with E-state index >= 15 is 0 Å². The first-order chi connectivity index (χ1) is 11.6. The Bertz CT molecular complexity index is 753. The number of carbonyl (C=O) groups excluding carboxylic acids is 1. The maximum atomic E-state index is 12.5. The summed E-state index contributed by atoms with van der Waals surface area (Å²) in [7, 11) is 1.59. The van der Waals surface area contributed by atoms with E-state index in [2.05, 4.69) is 0 Å². The fourth-order valence-electron chi connectivity index (χ4n) is 2.59. The maximum absolute atomic E-state index is 12.5. The summed E-state index contributed by atoms with van der Waals surface area (Å²) in [4.78, 5) is 25.0. The van der Waals surface area contributed by atoms with Crippen LogP contribution in [0.2, 0.25) is 0 Å². The van der Waals surface area contributed by atoms with Gasteiger partial charge in [-0.25, -0.2) is 4.79 Å². The highest BCUT2D eigenvalue weighted by molar-refractivity contribution is 5.95. The van der Waals surface area contributed by atoms with Crippen LogP contribution in [0.1, 0.15) is 32.6 Å². The monoisotopic (exact) mass is 331 g/mol. The van der Waals surface area contributed by atoms with E-state index in [1.807, 2.05) is 24.3 Å². The van der Waals surface area contributed by atoms with Gasteiger partial charge in [0.1, 0.15) is 18.1 Å². The Morgan fingerprint density at radius 1 is 1.33 bits per heavy atom. The van der Waals surface area contributed by atoms with Crippen LogP contribution in [0.15, 0.2) is 41.0 Å². The van der Waals surface area contributed by atoms with Crippen LogP contribution in [0.4, 0.5) is 0 Å². The standard InChI is InChI=1S/C17H17NO6/c1-22-13-4-2-3-11(7-13)15-9-18(5-6-23-15)16(19)14-8-12(10-24-14)17(20)21/h2-4,7-8,10,15H,5-6,9H2,1H3,(H,20,21). The molecule has 1 fully saturated rings. The third-order valence-corrected chi connectivity index (χ3v) is 3.88. The summed E-state index contributed by atoms with van der Waals surface area (Å²) in [5, 5.41) is 8.91. The lowest BCUT2D eigenvalue weighted by Crippen LogP contribution is -2.42. The van der Waals surface area contributed by atoms with Gasteiger partial charge in [0, 0.05) is 12.6 Å². The van der Waals surface area contributed by atoms with E-state index in [1.54, 1.807) is 12.0 Å². The number of carbonyl (C=O) groups is 2. The zero-order valence-corrected chi connectivity index (χ0v) is 13.1. The number of methoxy groups -OCH3 is 1. The van der Waals surface area contributed by atoms with Crippen LogP contribution < -0.4 is 4.74 Å². The highest BCUT2D eigenvalue weighted by atomic mass is 16.5. The predicted molar refractivity (Wildman–Crippen MR) is 83.3 cm³/mol. The average Bonchev–Trinajstić information content (AvgIpc) is 3.11. The third kappa shape index (κ3) is 3.26. The molecule has 2 aromatic rings. The van der Waals surface area contributed by atoms with Crippen LogP contribution in [0.3, 0.4) is 0 Å². The zero-order chi connectivity index (χ0) is 17.1. The van der Waals surface area contributed by atoms with Crippen molar-refractivity contribution < 1.29 is 28.6 Å². The number of furan rings is 1. The van der Waals surface area contributed by atoms with Crippen molar-refractivity contribution in [3.05, 3.63) is 53.5 Å². The molecule has 1 aromatic heterocycles. The molecule has 3 rings (SSSR count). The Balaban J connectivity index is 1.74. The SMILES string of the molecule is COc1cccc(C2CN(C(=O)c3cc(C(=O)O)co3)CCO2)c1. The Hall–Kier alpha value is -2.80. The number of hydrogen-bond donors (Lipinski definition) is 1. The molecule has 2 heterocycles. The van der Waals surface area contributed by atoms with Crippen molar-refractivity contribution in [3.63, 3.8) is 0 Å². The number of hydrogen-bond acceptors (Lipinski definition) is 5. The van der Waals surface area contributed by atoms with E-state index < -0.39 is 5.97 Å². The largest absolute Gasteiger partial charge is 0.497 e. The van der Waals surface area contributed by atoms with E-state index in [4.69, 9.17) is 19.0 Å². The average molecular weight is 331 g/mol. The molecular formula is C17H17NO6. The van der Waals surface area contributed by atoms with Gasteiger partial charge in [0.25, 0.3) is 5.91 Å². The number of benzene rings is 1. The zero-order valence-electron chi connectivity index (χ0n) is 13.1. The molecule has 0 saturated carbocycles. The van der Waals surface area contributed by atoms with Gasteiger partial charge in [-0.1, -0.05) is 12.1 Å². The first kappa shape index (κ1) is 16.1. The van der Waals surface area contributed by atoms with Crippen molar-refractivity contribution in [1.82, 2.24) is 4.90 Å². The van der Waals surface area contributed by atoms with Crippen LogP contribution in [0.25, 0.3) is 0 Å². The van der Waals surface area contributed by atoms with Crippen molar-refractivity contribution >= 4 is 11.9 Å². The van der Waals surface area contributed by atoms with Crippen molar-refractivity contribution in [2.24, 2.45) is 0 Å². The lowest BCUT2D eigenvalue weighted by molar-refractivity contribution is -0.0238. The Morgan fingerprint density at radius 2 is 2.17 bits per heavy atom. The summed E-state index contributed by atoms with van der Waals surface area (Å²) in [5.41, 5.74) is 0.869. The Morgan fingerprint density at radius 3 is 2.88 bits per heavy atom. The second-order valence-corrected chi connectivity index (χ2v) is 5.39. The first-order valence-corrected chi connectivity index (χ1v) is 7.45. The third-order valence-electron chi connectivity index (χ3n) is 3.88. The molecule has 1 N–H and O–H groups in total. The van der Waals surface area contributed by atoms with Gasteiger partial charge in [-0.05, 0) is 17.7 Å². The topological polar surface area (TPSA) is 89.2 Å². The minimum Gasteiger partial charge on any atom is -0.497 e. The summed E-state index contributed by atoms with van der Waals surface area (Å²) >= 11 is 0. The summed E-state index contributed by atoms with van der Waals surface area (Å²) in [6, 6.07) is 8.72. The number of carboxylic acid groups (broad SMARTS) is 1. The summed E-state index contributed by atoms with van der Waals surface area (Å²) in [6.07, 6.45) is 0.793. The highest BCUT2D eigenvalue weighted by Crippen LogP contribution is 2.26. The minimum absolute atomic E-state index is 0.0127. The van der Waals surface area contributed by atoms with Crippen molar-refractivity contribution in [2.75, 3.05) is 26.8 Å². The Kier molecular flexibility index (Phi) is 4.52. The van der Waals surface area contributed by atoms with Gasteiger partial charge in [0.05, 0.1) is 25.8 Å². The van der Waals surface area contributed by atoms with E-state index in [-0.39, 0.29) is 23.3 Å². The molecule has 0 spiro atoms. The maximum Gasteiger partial charge on any atom is 0.338 e. The van der Waals surface area contributed by atoms with Crippen molar-refractivity contribution in [2.45, 2.75) is 6.10 Å². The molecule has 7 nitrogen and oxygen atoms in total. The van der Waals surface area contributed by atoms with Crippen LogP contribution in [-0.4, -0.2) is 48.7 Å². The second kappa shape index (κ2) is 6.76. The normalized spacial score (nSPS) is 17.5. The van der Waals surface area contributed by atoms with Gasteiger partial charge >= 0.3 is 5.97 Å². The van der Waals surface area contributed by atoms with Crippen LogP contribution in [0, 0.1) is 0 Å². The van der Waals surface area contributed by atoms with Crippen LogP contribution in [-0.2, 0) is 4.74 Å². The molecule has 1 aliphatic heterocycles. The molecule has 1 aliphatic rings. The lowest BCUT2D eigenvalue weighted by atomic mass is 10.1. The van der Waals surface area contributed by atoms with E-state index in [1.165, 1.54) is 6.07 Å². The van der Waals surface area contributed by atoms with Gasteiger partial charge in [0.2, 0.25) is 0 Å². The van der Waals surface area contributed by atoms with Gasteiger partial charge < -0.3 is 23.9 Å². The Labute approximate surface area is 138 Å². The molecule has 24 heavy (non-hydrogen) atoms. The van der Waals surface area contributed by atoms with E-state index in [0.717, 1.165) is 17.6 Å². The number of nitrogens with zero attached hydrogens (tertiary/aromatic N) is 1. The van der Waals surface area contributed by atoms with E-state index in [9.17, 15) is 9.59 Å². The fourth-order valence-corrected chi connectivity index (χ4v) is 2.59. The summed E-state index contributed by atoms with van der Waals surface area (Å²) in [6.45, 7) is 1.16. The first-order valence-electron chi connectivity index (χ1n) is 7.45. The molecule has 126 valence electrons. The molecule has 7 heteroatoms. The van der Waals surface area contributed by atoms with E-state index in [0.29, 0.717) is 19.7 Å². The molecule has 0 bridgehead atoms. The molecule has 1 saturated heterocycles. The van der Waals surface area contributed by atoms with Gasteiger partial charge in [-0.2, -0.15) is 0 Å². The lowest BCUT2D eigenvalue weighted by Gasteiger charge is -2.32. The molecule has 1 atom stereocenters. The van der Waals surface area contributed by atoms with Gasteiger partial charge in [-0.3, -0.25) is 4.79 Å². The molecule has 1 aromatic carbocycles.